The summed E-state index contributed by atoms with van der Waals surface area (Å²) in [5.41, 5.74) is 6.17. The van der Waals surface area contributed by atoms with Crippen LogP contribution >= 0.6 is 0 Å². The van der Waals surface area contributed by atoms with Gasteiger partial charge in [-0.3, -0.25) is 4.79 Å². The van der Waals surface area contributed by atoms with Crippen molar-refractivity contribution in [2.45, 2.75) is 0 Å². The third-order valence-corrected chi connectivity index (χ3v) is 2.89. The second-order valence-corrected chi connectivity index (χ2v) is 4.26. The van der Waals surface area contributed by atoms with Gasteiger partial charge < -0.3 is 20.5 Å². The summed E-state index contributed by atoms with van der Waals surface area (Å²) in [4.78, 5) is 12.3. The largest absolute Gasteiger partial charge is 0.497 e. The van der Waals surface area contributed by atoms with Gasteiger partial charge in [0, 0.05) is 5.69 Å². The van der Waals surface area contributed by atoms with E-state index in [1.165, 1.54) is 38.5 Å². The average Bonchev–Trinajstić information content (AvgIpc) is 2.50. The van der Waals surface area contributed by atoms with Gasteiger partial charge in [-0.25, -0.2) is 4.39 Å². The van der Waals surface area contributed by atoms with Crippen LogP contribution in [0.5, 0.6) is 11.5 Å². The normalized spacial score (nSPS) is 10.0. The van der Waals surface area contributed by atoms with E-state index in [-0.39, 0.29) is 11.3 Å². The van der Waals surface area contributed by atoms with Gasteiger partial charge >= 0.3 is 0 Å². The van der Waals surface area contributed by atoms with E-state index in [4.69, 9.17) is 15.2 Å². The van der Waals surface area contributed by atoms with Gasteiger partial charge in [-0.2, -0.15) is 0 Å². The first kappa shape index (κ1) is 14.6. The molecule has 0 unspecified atom stereocenters. The zero-order valence-corrected chi connectivity index (χ0v) is 11.6. The predicted molar refractivity (Wildman–Crippen MR) is 78.3 cm³/mol. The molecule has 2 aromatic carbocycles. The molecule has 110 valence electrons. The van der Waals surface area contributed by atoms with Crippen molar-refractivity contribution in [1.82, 2.24) is 0 Å². The lowest BCUT2D eigenvalue weighted by atomic mass is 10.1. The second-order valence-electron chi connectivity index (χ2n) is 4.26. The molecule has 0 heterocycles. The van der Waals surface area contributed by atoms with Crippen molar-refractivity contribution in [1.29, 1.82) is 0 Å². The van der Waals surface area contributed by atoms with Crippen LogP contribution in [0.15, 0.2) is 36.4 Å². The third-order valence-electron chi connectivity index (χ3n) is 2.89. The highest BCUT2D eigenvalue weighted by Crippen LogP contribution is 2.26. The van der Waals surface area contributed by atoms with E-state index in [2.05, 4.69) is 5.32 Å². The molecule has 0 atom stereocenters. The summed E-state index contributed by atoms with van der Waals surface area (Å²) in [7, 11) is 2.93. The van der Waals surface area contributed by atoms with Crippen molar-refractivity contribution in [2.24, 2.45) is 0 Å². The van der Waals surface area contributed by atoms with Crippen LogP contribution < -0.4 is 20.5 Å². The molecule has 0 spiro atoms. The first-order valence-corrected chi connectivity index (χ1v) is 6.13. The van der Waals surface area contributed by atoms with Gasteiger partial charge in [-0.1, -0.05) is 0 Å². The predicted octanol–water partition coefficient (Wildman–Crippen LogP) is 2.68. The van der Waals surface area contributed by atoms with Crippen LogP contribution in [0.25, 0.3) is 0 Å². The Hall–Kier alpha value is -2.76. The maximum atomic E-state index is 13.6. The van der Waals surface area contributed by atoms with E-state index in [1.807, 2.05) is 0 Å². The van der Waals surface area contributed by atoms with Crippen LogP contribution in [0.1, 0.15) is 10.4 Å². The fourth-order valence-corrected chi connectivity index (χ4v) is 1.82. The maximum absolute atomic E-state index is 13.6. The van der Waals surface area contributed by atoms with Crippen LogP contribution in [0.4, 0.5) is 15.8 Å². The van der Waals surface area contributed by atoms with Gasteiger partial charge in [0.15, 0.2) is 0 Å². The van der Waals surface area contributed by atoms with Gasteiger partial charge in [0.2, 0.25) is 0 Å². The van der Waals surface area contributed by atoms with Crippen molar-refractivity contribution >= 4 is 17.3 Å². The Morgan fingerprint density at radius 1 is 1.14 bits per heavy atom. The standard InChI is InChI=1S/C15H15FN2O3/c1-20-10-4-6-14(21-2)11(8-10)15(19)18-13-7-9(17)3-5-12(13)16/h3-8H,17H2,1-2H3,(H,18,19). The van der Waals surface area contributed by atoms with Crippen LogP contribution in [-0.4, -0.2) is 20.1 Å². The first-order chi connectivity index (χ1) is 10.0. The lowest BCUT2D eigenvalue weighted by molar-refractivity contribution is 0.102. The number of methoxy groups -OCH3 is 2. The Balaban J connectivity index is 2.33. The summed E-state index contributed by atoms with van der Waals surface area (Å²) < 4.78 is 23.8. The molecule has 0 radical (unpaired) electrons. The van der Waals surface area contributed by atoms with Crippen LogP contribution in [0.3, 0.4) is 0 Å². The van der Waals surface area contributed by atoms with Gasteiger partial charge in [0.25, 0.3) is 5.91 Å². The number of carbonyl (C=O) groups excluding carboxylic acids is 1. The quantitative estimate of drug-likeness (QED) is 0.849. The number of halogens is 1. The molecule has 6 heteroatoms. The second kappa shape index (κ2) is 6.13. The molecule has 21 heavy (non-hydrogen) atoms. The Labute approximate surface area is 121 Å². The summed E-state index contributed by atoms with van der Waals surface area (Å²) >= 11 is 0. The minimum Gasteiger partial charge on any atom is -0.497 e. The molecular weight excluding hydrogens is 275 g/mol. The number of nitrogen functional groups attached to an aromatic ring is 1. The summed E-state index contributed by atoms with van der Waals surface area (Å²) in [6.45, 7) is 0. The molecule has 2 aromatic rings. The van der Waals surface area contributed by atoms with Gasteiger partial charge in [0.1, 0.15) is 17.3 Å². The summed E-state index contributed by atoms with van der Waals surface area (Å²) in [6, 6.07) is 8.73. The van der Waals surface area contributed by atoms with Gasteiger partial charge in [0.05, 0.1) is 25.5 Å². The van der Waals surface area contributed by atoms with E-state index < -0.39 is 11.7 Å². The van der Waals surface area contributed by atoms with Crippen LogP contribution in [0, 0.1) is 5.82 Å². The summed E-state index contributed by atoms with van der Waals surface area (Å²) in [5, 5.41) is 2.46. The van der Waals surface area contributed by atoms with E-state index in [0.717, 1.165) is 0 Å². The number of anilines is 2. The zero-order valence-electron chi connectivity index (χ0n) is 11.6. The van der Waals surface area contributed by atoms with Crippen molar-refractivity contribution in [3.63, 3.8) is 0 Å². The fourth-order valence-electron chi connectivity index (χ4n) is 1.82. The monoisotopic (exact) mass is 290 g/mol. The number of nitrogens with one attached hydrogen (secondary N) is 1. The Bertz CT molecular complexity index is 674. The molecule has 0 bridgehead atoms. The molecule has 0 aliphatic rings. The minimum atomic E-state index is -0.570. The molecule has 0 saturated carbocycles. The highest BCUT2D eigenvalue weighted by molar-refractivity contribution is 6.06. The molecule has 2 rings (SSSR count). The molecule has 0 aromatic heterocycles. The highest BCUT2D eigenvalue weighted by Gasteiger charge is 2.15. The number of carbonyl (C=O) groups is 1. The zero-order chi connectivity index (χ0) is 15.4. The van der Waals surface area contributed by atoms with Crippen molar-refractivity contribution in [3.8, 4) is 11.5 Å². The Kier molecular flexibility index (Phi) is 4.27. The summed E-state index contributed by atoms with van der Waals surface area (Å²) in [5.74, 6) is -0.235. The van der Waals surface area contributed by atoms with Gasteiger partial charge in [-0.05, 0) is 36.4 Å². The number of hydrogen-bond acceptors (Lipinski definition) is 4. The number of hydrogen-bond donors (Lipinski definition) is 2. The highest BCUT2D eigenvalue weighted by atomic mass is 19.1. The number of rotatable bonds is 4. The number of amides is 1. The maximum Gasteiger partial charge on any atom is 0.259 e. The summed E-state index contributed by atoms with van der Waals surface area (Å²) in [6.07, 6.45) is 0. The average molecular weight is 290 g/mol. The van der Waals surface area contributed by atoms with Crippen LogP contribution in [-0.2, 0) is 0 Å². The van der Waals surface area contributed by atoms with Crippen molar-refractivity contribution in [2.75, 3.05) is 25.3 Å². The molecule has 5 nitrogen and oxygen atoms in total. The number of ether oxygens (including phenoxy) is 2. The lowest BCUT2D eigenvalue weighted by Crippen LogP contribution is -2.14. The minimum absolute atomic E-state index is 0.00451. The first-order valence-electron chi connectivity index (χ1n) is 6.13. The van der Waals surface area contributed by atoms with E-state index in [9.17, 15) is 9.18 Å². The molecule has 3 N–H and O–H groups in total. The fraction of sp³-hybridized carbons (Fsp3) is 0.133. The third kappa shape index (κ3) is 3.22. The Morgan fingerprint density at radius 2 is 1.90 bits per heavy atom. The molecule has 0 aliphatic heterocycles. The molecular formula is C15H15FN2O3. The molecule has 0 saturated heterocycles. The molecule has 1 amide bonds. The SMILES string of the molecule is COc1ccc(OC)c(C(=O)Nc2cc(N)ccc2F)c1. The van der Waals surface area contributed by atoms with Crippen LogP contribution in [0.2, 0.25) is 0 Å². The van der Waals surface area contributed by atoms with E-state index in [1.54, 1.807) is 12.1 Å². The van der Waals surface area contributed by atoms with E-state index >= 15 is 0 Å². The number of nitrogens with two attached hydrogens (primary N) is 1. The van der Waals surface area contributed by atoms with Gasteiger partial charge in [-0.15, -0.1) is 0 Å². The van der Waals surface area contributed by atoms with Crippen molar-refractivity contribution in [3.05, 3.63) is 47.8 Å². The molecule has 0 fully saturated rings. The Morgan fingerprint density at radius 3 is 2.57 bits per heavy atom. The smallest absolute Gasteiger partial charge is 0.259 e. The number of benzene rings is 2. The van der Waals surface area contributed by atoms with E-state index in [0.29, 0.717) is 17.2 Å². The topological polar surface area (TPSA) is 73.6 Å². The van der Waals surface area contributed by atoms with Crippen molar-refractivity contribution < 1.29 is 18.7 Å². The molecule has 0 aliphatic carbocycles. The lowest BCUT2D eigenvalue weighted by Gasteiger charge is -2.11.